The van der Waals surface area contributed by atoms with Gasteiger partial charge in [-0.25, -0.2) is 0 Å². The second-order valence-electron chi connectivity index (χ2n) is 12.1. The third kappa shape index (κ3) is 0.125. The zero-order valence-corrected chi connectivity index (χ0v) is 13.6. The van der Waals surface area contributed by atoms with E-state index in [1.807, 2.05) is 0 Å². The minimum absolute atomic E-state index is 0.177. The molecule has 5 heteroatoms. The number of aldehydes is 1. The molecule has 10 aliphatic heterocycles. The van der Waals surface area contributed by atoms with E-state index in [-0.39, 0.29) is 13.2 Å². The Hall–Kier alpha value is 0.0695. The topological polar surface area (TPSA) is 60.8 Å². The van der Waals surface area contributed by atoms with Crippen LogP contribution in [0.25, 0.3) is 0 Å². The van der Waals surface area contributed by atoms with Crippen LogP contribution in [-0.2, 0) is 11.3 Å². The van der Waals surface area contributed by atoms with Crippen molar-refractivity contribution in [1.29, 1.82) is 0 Å². The van der Waals surface area contributed by atoms with Crippen LogP contribution in [0.3, 0.4) is 0 Å². The van der Waals surface area contributed by atoms with Crippen LogP contribution in [0.4, 0.5) is 0 Å². The molecule has 5 atom stereocenters. The third-order valence-electron chi connectivity index (χ3n) is 17.1. The summed E-state index contributed by atoms with van der Waals surface area (Å²) in [6.07, 6.45) is 2.82. The Morgan fingerprint density at radius 3 is 1.86 bits per heavy atom. The van der Waals surface area contributed by atoms with E-state index < -0.39 is 6.51 Å². The number of nitrogens with zero attached hydrogens (tertiary/aromatic N) is 1. The molecule has 10 fully saturated rings. The Kier molecular flexibility index (Phi) is 0.472. The predicted molar refractivity (Wildman–Crippen MR) is 76.7 cm³/mol. The summed E-state index contributed by atoms with van der Waals surface area (Å²) in [5.41, 5.74) is 0. The van der Waals surface area contributed by atoms with Crippen LogP contribution in [-0.4, -0.2) is 54.2 Å². The van der Waals surface area contributed by atoms with Gasteiger partial charge in [-0.1, -0.05) is 0 Å². The molecule has 10 rings (SSSR count). The van der Waals surface area contributed by atoms with Gasteiger partial charge in [-0.3, -0.25) is 0 Å². The van der Waals surface area contributed by atoms with Gasteiger partial charge in [-0.05, 0) is 0 Å². The Balaban J connectivity index is 1.19. The number of aliphatic hydroxyl groups excluding tert-OH is 2. The molecule has 0 aromatic rings. The predicted octanol–water partition coefficient (Wildman–Crippen LogP) is 1.99. The van der Waals surface area contributed by atoms with Crippen LogP contribution in [0.1, 0.15) is 6.42 Å². The molecule has 10 saturated heterocycles. The van der Waals surface area contributed by atoms with Gasteiger partial charge in [0.2, 0.25) is 0 Å². The first kappa shape index (κ1) is 10.1. The van der Waals surface area contributed by atoms with Gasteiger partial charge in [0.05, 0.1) is 0 Å². The summed E-state index contributed by atoms with van der Waals surface area (Å²) in [6.45, 7) is -0.693. The van der Waals surface area contributed by atoms with E-state index >= 15 is 0 Å². The first-order valence-electron chi connectivity index (χ1n) is 9.11. The van der Waals surface area contributed by atoms with Gasteiger partial charge in [0, 0.05) is 0 Å². The van der Waals surface area contributed by atoms with Crippen molar-refractivity contribution < 1.29 is 21.5 Å². The summed E-state index contributed by atoms with van der Waals surface area (Å²) in [5.74, 6) is 0. The van der Waals surface area contributed by atoms with Crippen LogP contribution in [0, 0.1) is 0 Å². The number of hydrogen-bond acceptors (Lipinski definition) is 4. The SMILES string of the molecule is O=C[C]12[CH]3[CH]4[CH]5[C]1(CCN(CCO)CCO)[Fe]43521678[CH]2[CH]1[CH]6[CH]7[CH]28. The van der Waals surface area contributed by atoms with E-state index in [2.05, 4.69) is 4.90 Å². The number of rotatable bonds is 8. The molecule has 0 saturated carbocycles. The fraction of sp³-hybridized carbons (Fsp3) is 0.941. The van der Waals surface area contributed by atoms with Crippen LogP contribution in [0.15, 0.2) is 0 Å². The standard InChI is InChI=1S/C12H18NO3.C5H5.Fe/c14-8-6-13(7-9-15)5-4-11-2-1-3-12(11)10-16;1-2-4-5-3-1;/h1-3,10,14-15H,4-9H2;1-5H;. The molecule has 0 radical (unpaired) electrons. The maximum absolute atomic E-state index is 12.4. The zero-order chi connectivity index (χ0) is 14.5. The number of carbonyl (C=O) groups excluding carboxylic acids is 1. The van der Waals surface area contributed by atoms with Crippen LogP contribution < -0.4 is 0 Å². The minimum atomic E-state index is -3.42. The van der Waals surface area contributed by atoms with Crippen LogP contribution >= 0.6 is 0 Å². The summed E-state index contributed by atoms with van der Waals surface area (Å²) in [7, 11) is 0. The van der Waals surface area contributed by atoms with Crippen molar-refractivity contribution in [3.8, 4) is 0 Å². The van der Waals surface area contributed by atoms with Gasteiger partial charge >= 0.3 is 119 Å². The molecule has 0 aliphatic carbocycles. The van der Waals surface area contributed by atoms with E-state index in [0.29, 0.717) is 21.7 Å². The third-order valence-corrected chi connectivity index (χ3v) is 60.7. The van der Waals surface area contributed by atoms with E-state index in [1.165, 1.54) is 35.3 Å². The van der Waals surface area contributed by atoms with E-state index in [4.69, 9.17) is 0 Å². The van der Waals surface area contributed by atoms with Gasteiger partial charge in [0.25, 0.3) is 0 Å². The molecule has 2 N–H and O–H groups in total. The second kappa shape index (κ2) is 1.02. The Bertz CT molecular complexity index is 1070. The first-order chi connectivity index (χ1) is 10.5. The van der Waals surface area contributed by atoms with Gasteiger partial charge in [-0.15, -0.1) is 0 Å². The number of hydrogen-bond donors (Lipinski definition) is 2. The summed E-state index contributed by atoms with van der Waals surface area (Å²) in [5, 5.41) is 18.5. The normalized spacial score (nSPS) is 98.3. The molecule has 10 aliphatic rings. The average Bonchev–Trinajstić information content (AvgIpc) is 3.46. The number of carbonyl (C=O) groups is 1. The molecule has 0 amide bonds. The summed E-state index contributed by atoms with van der Waals surface area (Å²) in [6, 6.07) is 0. The van der Waals surface area contributed by atoms with Crippen LogP contribution in [0.5, 0.6) is 0 Å². The van der Waals surface area contributed by atoms with Gasteiger partial charge in [-0.2, -0.15) is 0 Å². The molecule has 0 aromatic heterocycles. The molecule has 5 unspecified atom stereocenters. The molecule has 1 spiro atoms. The van der Waals surface area contributed by atoms with Crippen molar-refractivity contribution in [2.45, 2.75) is 53.6 Å². The molecule has 22 heavy (non-hydrogen) atoms. The summed E-state index contributed by atoms with van der Waals surface area (Å²) in [4.78, 5) is 23.9. The Morgan fingerprint density at radius 2 is 1.50 bits per heavy atom. The monoisotopic (exact) mass is 345 g/mol. The summed E-state index contributed by atoms with van der Waals surface area (Å²) >= 11 is 0. The van der Waals surface area contributed by atoms with Crippen molar-refractivity contribution >= 4 is 6.29 Å². The van der Waals surface area contributed by atoms with Crippen LogP contribution in [0.2, 0.25) is 47.2 Å². The fourth-order valence-corrected chi connectivity index (χ4v) is 95.5. The van der Waals surface area contributed by atoms with Crippen molar-refractivity contribution in [2.75, 3.05) is 32.8 Å². The van der Waals surface area contributed by atoms with Crippen molar-refractivity contribution in [3.05, 3.63) is 0 Å². The zero-order valence-electron chi connectivity index (χ0n) is 12.5. The maximum atomic E-state index is 12.4. The summed E-state index contributed by atoms with van der Waals surface area (Å²) < 4.78 is 0.924. The molecule has 4 nitrogen and oxygen atoms in total. The van der Waals surface area contributed by atoms with E-state index in [0.717, 1.165) is 16.2 Å². The fourth-order valence-electron chi connectivity index (χ4n) is 19.2. The van der Waals surface area contributed by atoms with E-state index in [9.17, 15) is 15.0 Å². The van der Waals surface area contributed by atoms with Crippen molar-refractivity contribution in [2.24, 2.45) is 0 Å². The van der Waals surface area contributed by atoms with Gasteiger partial charge < -0.3 is 0 Å². The molecule has 0 bridgehead atoms. The quantitative estimate of drug-likeness (QED) is 0.522. The van der Waals surface area contributed by atoms with Crippen molar-refractivity contribution in [3.63, 3.8) is 0 Å². The van der Waals surface area contributed by atoms with Gasteiger partial charge in [0.1, 0.15) is 0 Å². The molecular formula is C17H23FeNO3. The Labute approximate surface area is 119 Å². The number of fused-ring (bicyclic) bond motifs is 10. The number of aliphatic hydroxyl groups is 2. The Morgan fingerprint density at radius 1 is 0.909 bits per heavy atom. The second-order valence-corrected chi connectivity index (χ2v) is 35.5. The average molecular weight is 345 g/mol. The van der Waals surface area contributed by atoms with E-state index in [1.54, 1.807) is 6.29 Å². The molecule has 122 valence electrons. The van der Waals surface area contributed by atoms with Crippen molar-refractivity contribution in [1.82, 2.24) is 4.90 Å². The first-order valence-corrected chi connectivity index (χ1v) is 15.3. The molecular weight excluding hydrogens is 322 g/mol. The molecule has 0 aromatic carbocycles. The molecule has 10 heterocycles. The van der Waals surface area contributed by atoms with Gasteiger partial charge in [0.15, 0.2) is 0 Å².